The highest BCUT2D eigenvalue weighted by molar-refractivity contribution is 6.21. The number of hydrogen-bond acceptors (Lipinski definition) is 4. The molecule has 6 aromatic carbocycles. The summed E-state index contributed by atoms with van der Waals surface area (Å²) in [7, 11) is 0. The average molecular weight is 550 g/mol. The summed E-state index contributed by atoms with van der Waals surface area (Å²) in [5.74, 6) is 0.727. The SMILES string of the molecule is N#Cc1cc(C2N=C(c3ccccc3)Nc3cccc(C#N)c32)ccc1-n1c2ccccc2c2c3ccccc3ccc21. The largest absolute Gasteiger partial charge is 0.340 e. The van der Waals surface area contributed by atoms with Crippen molar-refractivity contribution >= 4 is 44.1 Å². The first-order chi connectivity index (χ1) is 21.2. The fourth-order valence-corrected chi connectivity index (χ4v) is 6.41. The van der Waals surface area contributed by atoms with Crippen LogP contribution in [0.5, 0.6) is 0 Å². The summed E-state index contributed by atoms with van der Waals surface area (Å²) in [6.07, 6.45) is 0. The van der Waals surface area contributed by atoms with E-state index < -0.39 is 6.04 Å². The Kier molecular flexibility index (Phi) is 5.57. The number of nitrogens with one attached hydrogen (secondary N) is 1. The van der Waals surface area contributed by atoms with Crippen LogP contribution in [0.15, 0.2) is 132 Å². The zero-order valence-electron chi connectivity index (χ0n) is 23.0. The predicted octanol–water partition coefficient (Wildman–Crippen LogP) is 8.64. The molecule has 1 unspecified atom stereocenters. The van der Waals surface area contributed by atoms with E-state index in [0.29, 0.717) is 11.1 Å². The van der Waals surface area contributed by atoms with Crippen molar-refractivity contribution in [2.75, 3.05) is 5.32 Å². The van der Waals surface area contributed by atoms with Crippen molar-refractivity contribution in [2.45, 2.75) is 6.04 Å². The van der Waals surface area contributed by atoms with Gasteiger partial charge in [-0.05, 0) is 52.7 Å². The predicted molar refractivity (Wildman–Crippen MR) is 173 cm³/mol. The molecule has 8 rings (SSSR count). The van der Waals surface area contributed by atoms with Gasteiger partial charge in [0, 0.05) is 27.6 Å². The van der Waals surface area contributed by atoms with Gasteiger partial charge in [0.05, 0.1) is 33.9 Å². The third kappa shape index (κ3) is 3.80. The molecule has 1 aliphatic heterocycles. The first kappa shape index (κ1) is 24.6. The van der Waals surface area contributed by atoms with E-state index in [-0.39, 0.29) is 0 Å². The van der Waals surface area contributed by atoms with E-state index in [9.17, 15) is 10.5 Å². The van der Waals surface area contributed by atoms with Gasteiger partial charge in [0.25, 0.3) is 0 Å². The number of nitriles is 2. The number of rotatable bonds is 3. The van der Waals surface area contributed by atoms with Gasteiger partial charge in [-0.2, -0.15) is 10.5 Å². The zero-order chi connectivity index (χ0) is 28.9. The summed E-state index contributed by atoms with van der Waals surface area (Å²) in [5, 5.41) is 28.6. The van der Waals surface area contributed by atoms with Gasteiger partial charge in [-0.25, -0.2) is 0 Å². The second-order valence-corrected chi connectivity index (χ2v) is 10.7. The molecule has 0 bridgehead atoms. The van der Waals surface area contributed by atoms with Crippen molar-refractivity contribution in [3.8, 4) is 17.8 Å². The van der Waals surface area contributed by atoms with E-state index in [1.807, 2.05) is 72.8 Å². The molecule has 0 spiro atoms. The van der Waals surface area contributed by atoms with Crippen molar-refractivity contribution in [2.24, 2.45) is 4.99 Å². The summed E-state index contributed by atoms with van der Waals surface area (Å²) in [6.45, 7) is 0. The molecule has 0 saturated carbocycles. The zero-order valence-corrected chi connectivity index (χ0v) is 23.0. The summed E-state index contributed by atoms with van der Waals surface area (Å²) < 4.78 is 2.19. The van der Waals surface area contributed by atoms with Crippen LogP contribution in [0.1, 0.15) is 33.9 Å². The molecule has 1 atom stereocenters. The lowest BCUT2D eigenvalue weighted by molar-refractivity contribution is 0.858. The molecule has 5 nitrogen and oxygen atoms in total. The van der Waals surface area contributed by atoms with Crippen LogP contribution in [-0.2, 0) is 0 Å². The van der Waals surface area contributed by atoms with Crippen LogP contribution < -0.4 is 5.32 Å². The van der Waals surface area contributed by atoms with Gasteiger partial charge in [-0.3, -0.25) is 4.99 Å². The monoisotopic (exact) mass is 549 g/mol. The van der Waals surface area contributed by atoms with E-state index in [0.717, 1.165) is 50.3 Å². The number of benzene rings is 6. The molecule has 0 radical (unpaired) electrons. The van der Waals surface area contributed by atoms with Crippen molar-refractivity contribution in [3.63, 3.8) is 0 Å². The fraction of sp³-hybridized carbons (Fsp3) is 0.0263. The number of anilines is 1. The van der Waals surface area contributed by atoms with Crippen LogP contribution in [0, 0.1) is 22.7 Å². The first-order valence-corrected chi connectivity index (χ1v) is 14.1. The number of fused-ring (bicyclic) bond motifs is 6. The highest BCUT2D eigenvalue weighted by Gasteiger charge is 2.27. The highest BCUT2D eigenvalue weighted by Crippen LogP contribution is 2.41. The molecular weight excluding hydrogens is 526 g/mol. The topological polar surface area (TPSA) is 76.9 Å². The molecule has 0 saturated heterocycles. The lowest BCUT2D eigenvalue weighted by Gasteiger charge is -2.27. The number of nitrogens with zero attached hydrogens (tertiary/aromatic N) is 4. The van der Waals surface area contributed by atoms with Crippen LogP contribution >= 0.6 is 0 Å². The molecule has 43 heavy (non-hydrogen) atoms. The minimum Gasteiger partial charge on any atom is -0.340 e. The van der Waals surface area contributed by atoms with Gasteiger partial charge >= 0.3 is 0 Å². The van der Waals surface area contributed by atoms with Gasteiger partial charge in [-0.1, -0.05) is 91.0 Å². The van der Waals surface area contributed by atoms with Gasteiger partial charge in [-0.15, -0.1) is 0 Å². The maximum Gasteiger partial charge on any atom is 0.133 e. The summed E-state index contributed by atoms with van der Waals surface area (Å²) in [5.41, 5.74) is 7.46. The molecule has 1 N–H and O–H groups in total. The van der Waals surface area contributed by atoms with Gasteiger partial charge in [0.2, 0.25) is 0 Å². The van der Waals surface area contributed by atoms with Gasteiger partial charge in [0.15, 0.2) is 0 Å². The van der Waals surface area contributed by atoms with E-state index >= 15 is 0 Å². The molecule has 5 heteroatoms. The maximum absolute atomic E-state index is 10.5. The van der Waals surface area contributed by atoms with E-state index in [4.69, 9.17) is 4.99 Å². The first-order valence-electron chi connectivity index (χ1n) is 14.1. The molecule has 0 fully saturated rings. The van der Waals surface area contributed by atoms with Crippen LogP contribution in [0.3, 0.4) is 0 Å². The molecule has 1 aromatic heterocycles. The fourth-order valence-electron chi connectivity index (χ4n) is 6.41. The standard InChI is InChI=1S/C38H23N5/c39-22-27-12-8-15-31-35(27)37(42-38(41-31)25-10-2-1-3-11-25)26-18-19-32(28(21-26)23-40)43-33-16-7-6-14-30(33)36-29-13-5-4-9-24(29)17-20-34(36)43/h1-21,37H,(H,41,42). The number of aliphatic imine (C=N–C) groups is 1. The van der Waals surface area contributed by atoms with Gasteiger partial charge < -0.3 is 9.88 Å². The molecule has 1 aliphatic rings. The average Bonchev–Trinajstić information content (AvgIpc) is 3.42. The van der Waals surface area contributed by atoms with Crippen molar-refractivity contribution in [1.29, 1.82) is 10.5 Å². The lowest BCUT2D eigenvalue weighted by atomic mass is 9.90. The smallest absolute Gasteiger partial charge is 0.133 e. The normalized spacial score (nSPS) is 14.1. The van der Waals surface area contributed by atoms with E-state index in [1.54, 1.807) is 0 Å². The second kappa shape index (κ2) is 9.73. The molecule has 0 aliphatic carbocycles. The Morgan fingerprint density at radius 1 is 0.651 bits per heavy atom. The van der Waals surface area contributed by atoms with Crippen LogP contribution in [0.25, 0.3) is 38.3 Å². The maximum atomic E-state index is 10.5. The minimum absolute atomic E-state index is 0.453. The number of hydrogen-bond donors (Lipinski definition) is 1. The molecule has 2 heterocycles. The Labute approximate surface area is 248 Å². The van der Waals surface area contributed by atoms with Crippen LogP contribution in [0.2, 0.25) is 0 Å². The highest BCUT2D eigenvalue weighted by atomic mass is 15.0. The van der Waals surface area contributed by atoms with E-state index in [1.165, 1.54) is 16.2 Å². The van der Waals surface area contributed by atoms with Crippen LogP contribution in [-0.4, -0.2) is 10.4 Å². The summed E-state index contributed by atoms with van der Waals surface area (Å²) >= 11 is 0. The lowest BCUT2D eigenvalue weighted by Crippen LogP contribution is -2.23. The quantitative estimate of drug-likeness (QED) is 0.240. The second-order valence-electron chi connectivity index (χ2n) is 10.7. The summed E-state index contributed by atoms with van der Waals surface area (Å²) in [4.78, 5) is 5.11. The Hall–Kier alpha value is -6.17. The third-order valence-corrected chi connectivity index (χ3v) is 8.32. The molecule has 0 amide bonds. The van der Waals surface area contributed by atoms with Crippen molar-refractivity contribution < 1.29 is 0 Å². The Morgan fingerprint density at radius 2 is 1.42 bits per heavy atom. The Bertz CT molecular complexity index is 2350. The van der Waals surface area contributed by atoms with Crippen molar-refractivity contribution in [3.05, 3.63) is 155 Å². The number of aromatic nitrogens is 1. The number of para-hydroxylation sites is 1. The minimum atomic E-state index is -0.453. The Balaban J connectivity index is 1.36. The van der Waals surface area contributed by atoms with Crippen LogP contribution in [0.4, 0.5) is 5.69 Å². The molecule has 200 valence electrons. The molecular formula is C38H23N5. The van der Waals surface area contributed by atoms with Gasteiger partial charge in [0.1, 0.15) is 17.9 Å². The van der Waals surface area contributed by atoms with E-state index in [2.05, 4.69) is 76.6 Å². The number of amidine groups is 1. The molecule has 7 aromatic rings. The summed E-state index contributed by atoms with van der Waals surface area (Å²) in [6, 6.07) is 47.0. The third-order valence-electron chi connectivity index (χ3n) is 8.32. The Morgan fingerprint density at radius 3 is 2.26 bits per heavy atom. The van der Waals surface area contributed by atoms with Crippen molar-refractivity contribution in [1.82, 2.24) is 4.57 Å².